The van der Waals surface area contributed by atoms with Crippen LogP contribution in [0, 0.1) is 5.92 Å². The Morgan fingerprint density at radius 2 is 2.10 bits per heavy atom. The van der Waals surface area contributed by atoms with Crippen LogP contribution in [0.1, 0.15) is 53.9 Å². The minimum atomic E-state index is -0.340. The number of aromatic nitrogens is 3. The summed E-state index contributed by atoms with van der Waals surface area (Å²) in [6.45, 7) is 9.50. The summed E-state index contributed by atoms with van der Waals surface area (Å²) < 4.78 is 1.65. The molecule has 0 bridgehead atoms. The van der Waals surface area contributed by atoms with Crippen molar-refractivity contribution in [1.29, 1.82) is 0 Å². The van der Waals surface area contributed by atoms with Crippen LogP contribution < -0.4 is 10.6 Å². The van der Waals surface area contributed by atoms with Gasteiger partial charge in [0.2, 0.25) is 0 Å². The first-order chi connectivity index (χ1) is 14.3. The first kappa shape index (κ1) is 23.7. The third-order valence-corrected chi connectivity index (χ3v) is 5.23. The molecule has 0 aliphatic carbocycles. The summed E-state index contributed by atoms with van der Waals surface area (Å²) in [5.41, 5.74) is 1.54. The summed E-state index contributed by atoms with van der Waals surface area (Å²) in [5, 5.41) is 10.6. The molecule has 30 heavy (non-hydrogen) atoms. The molecule has 1 unspecified atom stereocenters. The maximum atomic E-state index is 12.4. The van der Waals surface area contributed by atoms with Gasteiger partial charge in [0, 0.05) is 26.3 Å². The number of carbonyl (C=O) groups excluding carboxylic acids is 2. The number of hydrogen-bond acceptors (Lipinski definition) is 6. The van der Waals surface area contributed by atoms with E-state index in [1.807, 2.05) is 39.2 Å². The molecule has 8 heteroatoms. The van der Waals surface area contributed by atoms with E-state index >= 15 is 0 Å². The zero-order valence-corrected chi connectivity index (χ0v) is 18.7. The van der Waals surface area contributed by atoms with Crippen LogP contribution in [-0.2, 0) is 13.1 Å². The molecule has 8 nitrogen and oxygen atoms in total. The molecule has 3 heterocycles. The minimum Gasteiger partial charge on any atom is -0.332 e. The molecule has 0 spiro atoms. The maximum Gasteiger partial charge on any atom is 0.272 e. The number of carbonyl (C=O) groups is 2. The Morgan fingerprint density at radius 1 is 1.33 bits per heavy atom. The zero-order chi connectivity index (χ0) is 22.1. The first-order valence-electron chi connectivity index (χ1n) is 10.4. The van der Waals surface area contributed by atoms with Crippen LogP contribution in [0.25, 0.3) is 0 Å². The SMILES string of the molecule is CC(C)CCNCC1(C)Cn2nc(C=O)cc2C(=O)N1C.CNCc1ccccn1. The topological polar surface area (TPSA) is 92.2 Å². The van der Waals surface area contributed by atoms with Gasteiger partial charge in [-0.3, -0.25) is 19.3 Å². The Kier molecular flexibility index (Phi) is 8.68. The molecule has 0 aromatic carbocycles. The Bertz CT molecular complexity index is 820. The summed E-state index contributed by atoms with van der Waals surface area (Å²) in [5.74, 6) is 0.568. The van der Waals surface area contributed by atoms with Gasteiger partial charge >= 0.3 is 0 Å². The molecule has 0 saturated heterocycles. The average molecular weight is 415 g/mol. The number of fused-ring (bicyclic) bond motifs is 1. The fourth-order valence-corrected chi connectivity index (χ4v) is 3.24. The minimum absolute atomic E-state index is 0.0880. The van der Waals surface area contributed by atoms with E-state index in [9.17, 15) is 9.59 Å². The van der Waals surface area contributed by atoms with Gasteiger partial charge in [-0.25, -0.2) is 0 Å². The van der Waals surface area contributed by atoms with Gasteiger partial charge in [-0.2, -0.15) is 5.10 Å². The van der Waals surface area contributed by atoms with Gasteiger partial charge in [-0.15, -0.1) is 0 Å². The first-order valence-corrected chi connectivity index (χ1v) is 10.4. The highest BCUT2D eigenvalue weighted by Gasteiger charge is 2.40. The standard InChI is InChI=1S/C15H24N4O2.C7H10N2/c1-11(2)5-6-16-9-15(3)10-19-13(14(21)18(15)4)7-12(8-20)17-19;1-8-6-7-4-2-3-5-9-7/h7-8,11,16H,5-6,9-10H2,1-4H3;2-5,8H,6H2,1H3. The van der Waals surface area contributed by atoms with Crippen LogP contribution in [-0.4, -0.2) is 64.6 Å². The van der Waals surface area contributed by atoms with Crippen molar-refractivity contribution in [3.63, 3.8) is 0 Å². The molecule has 2 N–H and O–H groups in total. The number of rotatable bonds is 8. The van der Waals surface area contributed by atoms with Crippen molar-refractivity contribution in [2.75, 3.05) is 27.2 Å². The van der Waals surface area contributed by atoms with Gasteiger partial charge < -0.3 is 15.5 Å². The van der Waals surface area contributed by atoms with E-state index in [1.165, 1.54) is 0 Å². The van der Waals surface area contributed by atoms with Crippen molar-refractivity contribution in [2.24, 2.45) is 5.92 Å². The predicted molar refractivity (Wildman–Crippen MR) is 117 cm³/mol. The van der Waals surface area contributed by atoms with Crippen LogP contribution >= 0.6 is 0 Å². The van der Waals surface area contributed by atoms with E-state index in [-0.39, 0.29) is 11.4 Å². The van der Waals surface area contributed by atoms with Gasteiger partial charge in [0.25, 0.3) is 5.91 Å². The smallest absolute Gasteiger partial charge is 0.272 e. The summed E-state index contributed by atoms with van der Waals surface area (Å²) >= 11 is 0. The molecule has 1 aliphatic rings. The molecule has 0 radical (unpaired) electrons. The summed E-state index contributed by atoms with van der Waals surface area (Å²) in [7, 11) is 3.72. The van der Waals surface area contributed by atoms with E-state index < -0.39 is 0 Å². The Hall–Kier alpha value is -2.58. The Morgan fingerprint density at radius 3 is 2.70 bits per heavy atom. The molecule has 1 atom stereocenters. The number of amides is 1. The third-order valence-electron chi connectivity index (χ3n) is 5.23. The van der Waals surface area contributed by atoms with E-state index in [0.717, 1.165) is 25.2 Å². The number of pyridine rings is 1. The van der Waals surface area contributed by atoms with Gasteiger partial charge in [-0.1, -0.05) is 19.9 Å². The van der Waals surface area contributed by atoms with Gasteiger partial charge in [0.15, 0.2) is 6.29 Å². The highest BCUT2D eigenvalue weighted by atomic mass is 16.2. The van der Waals surface area contributed by atoms with Gasteiger partial charge in [0.1, 0.15) is 11.4 Å². The van der Waals surface area contributed by atoms with Crippen molar-refractivity contribution >= 4 is 12.2 Å². The predicted octanol–water partition coefficient (Wildman–Crippen LogP) is 1.98. The highest BCUT2D eigenvalue weighted by Crippen LogP contribution is 2.24. The fraction of sp³-hybridized carbons (Fsp3) is 0.545. The van der Waals surface area contributed by atoms with Crippen molar-refractivity contribution in [3.05, 3.63) is 47.5 Å². The van der Waals surface area contributed by atoms with E-state index in [1.54, 1.807) is 21.8 Å². The lowest BCUT2D eigenvalue weighted by atomic mass is 9.97. The summed E-state index contributed by atoms with van der Waals surface area (Å²) in [6, 6.07) is 7.45. The second kappa shape index (κ2) is 11.0. The van der Waals surface area contributed by atoms with E-state index in [4.69, 9.17) is 0 Å². The lowest BCUT2D eigenvalue weighted by Gasteiger charge is -2.42. The maximum absolute atomic E-state index is 12.4. The van der Waals surface area contributed by atoms with E-state index in [2.05, 4.69) is 34.6 Å². The second-order valence-electron chi connectivity index (χ2n) is 8.30. The van der Waals surface area contributed by atoms with Gasteiger partial charge in [-0.05, 0) is 51.1 Å². The number of aldehydes is 1. The molecule has 0 saturated carbocycles. The number of likely N-dealkylation sites (N-methyl/N-ethyl adjacent to an activating group) is 1. The van der Waals surface area contributed by atoms with Crippen molar-refractivity contribution < 1.29 is 9.59 Å². The lowest BCUT2D eigenvalue weighted by molar-refractivity contribution is 0.0443. The average Bonchev–Trinajstić information content (AvgIpc) is 3.14. The Labute approximate surface area is 179 Å². The number of nitrogens with zero attached hydrogens (tertiary/aromatic N) is 4. The Balaban J connectivity index is 0.000000297. The van der Waals surface area contributed by atoms with Crippen LogP contribution in [0.2, 0.25) is 0 Å². The number of nitrogens with one attached hydrogen (secondary N) is 2. The van der Waals surface area contributed by atoms with Crippen LogP contribution in [0.4, 0.5) is 0 Å². The summed E-state index contributed by atoms with van der Waals surface area (Å²) in [4.78, 5) is 29.1. The molecular weight excluding hydrogens is 380 g/mol. The highest BCUT2D eigenvalue weighted by molar-refractivity contribution is 5.95. The molecule has 2 aromatic rings. The molecule has 2 aromatic heterocycles. The lowest BCUT2D eigenvalue weighted by Crippen LogP contribution is -2.59. The molecule has 1 aliphatic heterocycles. The molecule has 1 amide bonds. The van der Waals surface area contributed by atoms with E-state index in [0.29, 0.717) is 36.7 Å². The third kappa shape index (κ3) is 6.21. The largest absolute Gasteiger partial charge is 0.332 e. The zero-order valence-electron chi connectivity index (χ0n) is 18.7. The fourth-order valence-electron chi connectivity index (χ4n) is 3.24. The van der Waals surface area contributed by atoms with Crippen LogP contribution in [0.15, 0.2) is 30.5 Å². The summed E-state index contributed by atoms with van der Waals surface area (Å²) in [6.07, 6.45) is 3.58. The van der Waals surface area contributed by atoms with Crippen molar-refractivity contribution in [2.45, 2.75) is 45.8 Å². The van der Waals surface area contributed by atoms with Crippen molar-refractivity contribution in [3.8, 4) is 0 Å². The second-order valence-corrected chi connectivity index (χ2v) is 8.30. The normalized spacial score (nSPS) is 18.1. The quantitative estimate of drug-likeness (QED) is 0.507. The molecule has 164 valence electrons. The monoisotopic (exact) mass is 414 g/mol. The molecule has 3 rings (SSSR count). The van der Waals surface area contributed by atoms with Crippen LogP contribution in [0.3, 0.4) is 0 Å². The number of hydrogen-bond donors (Lipinski definition) is 2. The van der Waals surface area contributed by atoms with Crippen LogP contribution in [0.5, 0.6) is 0 Å². The molecule has 0 fully saturated rings. The van der Waals surface area contributed by atoms with Gasteiger partial charge in [0.05, 0.1) is 17.8 Å². The molecular formula is C22H34N6O2. The van der Waals surface area contributed by atoms with Crippen molar-refractivity contribution in [1.82, 2.24) is 30.3 Å².